The molecule has 8 nitrogen and oxygen atoms in total. The SMILES string of the molecule is CCn1cc(CN2Cc3ccnn3C(CNC(=O)N3CCCC3)C2)cn1. The van der Waals surface area contributed by atoms with Gasteiger partial charge < -0.3 is 10.2 Å². The van der Waals surface area contributed by atoms with E-state index in [0.29, 0.717) is 6.54 Å². The van der Waals surface area contributed by atoms with Gasteiger partial charge in [-0.3, -0.25) is 14.3 Å². The van der Waals surface area contributed by atoms with Gasteiger partial charge in [-0.05, 0) is 25.8 Å². The van der Waals surface area contributed by atoms with Crippen LogP contribution in [0.5, 0.6) is 0 Å². The van der Waals surface area contributed by atoms with Crippen molar-refractivity contribution in [3.8, 4) is 0 Å². The third-order valence-electron chi connectivity index (χ3n) is 5.25. The molecule has 8 heteroatoms. The van der Waals surface area contributed by atoms with E-state index in [1.54, 1.807) is 0 Å². The summed E-state index contributed by atoms with van der Waals surface area (Å²) < 4.78 is 4.02. The summed E-state index contributed by atoms with van der Waals surface area (Å²) in [4.78, 5) is 16.6. The summed E-state index contributed by atoms with van der Waals surface area (Å²) in [6.45, 7) is 7.93. The number of urea groups is 1. The summed E-state index contributed by atoms with van der Waals surface area (Å²) in [5.41, 5.74) is 2.42. The molecule has 0 spiro atoms. The highest BCUT2D eigenvalue weighted by Crippen LogP contribution is 2.21. The van der Waals surface area contributed by atoms with Gasteiger partial charge in [0.2, 0.25) is 0 Å². The van der Waals surface area contributed by atoms with Crippen molar-refractivity contribution in [2.75, 3.05) is 26.2 Å². The quantitative estimate of drug-likeness (QED) is 0.879. The number of hydrogen-bond acceptors (Lipinski definition) is 4. The molecule has 2 aromatic rings. The van der Waals surface area contributed by atoms with Crippen molar-refractivity contribution in [1.29, 1.82) is 0 Å². The summed E-state index contributed by atoms with van der Waals surface area (Å²) in [6, 6.07) is 2.27. The summed E-state index contributed by atoms with van der Waals surface area (Å²) in [6.07, 6.45) is 8.12. The number of carbonyl (C=O) groups is 1. The number of nitrogens with one attached hydrogen (secondary N) is 1. The largest absolute Gasteiger partial charge is 0.336 e. The lowest BCUT2D eigenvalue weighted by Crippen LogP contribution is -2.45. The van der Waals surface area contributed by atoms with E-state index >= 15 is 0 Å². The van der Waals surface area contributed by atoms with Crippen molar-refractivity contribution < 1.29 is 4.79 Å². The minimum Gasteiger partial charge on any atom is -0.336 e. The molecule has 2 aromatic heterocycles. The molecule has 0 aliphatic carbocycles. The predicted octanol–water partition coefficient (Wildman–Crippen LogP) is 1.46. The molecule has 26 heavy (non-hydrogen) atoms. The van der Waals surface area contributed by atoms with Crippen LogP contribution in [-0.2, 0) is 19.6 Å². The maximum Gasteiger partial charge on any atom is 0.317 e. The molecular weight excluding hydrogens is 330 g/mol. The van der Waals surface area contributed by atoms with Crippen molar-refractivity contribution in [2.24, 2.45) is 0 Å². The van der Waals surface area contributed by atoms with Gasteiger partial charge in [0.05, 0.1) is 17.9 Å². The molecule has 1 saturated heterocycles. The highest BCUT2D eigenvalue weighted by molar-refractivity contribution is 5.74. The molecule has 4 rings (SSSR count). The van der Waals surface area contributed by atoms with Crippen molar-refractivity contribution in [2.45, 2.75) is 45.4 Å². The molecule has 2 aliphatic rings. The second-order valence-corrected chi connectivity index (χ2v) is 7.18. The number of likely N-dealkylation sites (tertiary alicyclic amines) is 1. The number of fused-ring (bicyclic) bond motifs is 1. The van der Waals surface area contributed by atoms with Crippen LogP contribution >= 0.6 is 0 Å². The first-order valence-corrected chi connectivity index (χ1v) is 9.52. The standard InChI is InChI=1S/C18H27N7O/c1-2-24-12-15(9-21-24)11-22-13-16-5-6-20-25(16)17(14-22)10-19-18(26)23-7-3-4-8-23/h5-6,9,12,17H,2-4,7-8,10-11,13-14H2,1H3,(H,19,26). The number of amides is 2. The van der Waals surface area contributed by atoms with E-state index in [-0.39, 0.29) is 12.1 Å². The van der Waals surface area contributed by atoms with Gasteiger partial charge >= 0.3 is 6.03 Å². The molecule has 0 aromatic carbocycles. The van der Waals surface area contributed by atoms with Crippen molar-refractivity contribution in [1.82, 2.24) is 34.7 Å². The lowest BCUT2D eigenvalue weighted by Gasteiger charge is -2.34. The second-order valence-electron chi connectivity index (χ2n) is 7.18. The first-order valence-electron chi connectivity index (χ1n) is 9.52. The average Bonchev–Trinajstić information content (AvgIpc) is 3.39. The van der Waals surface area contributed by atoms with Crippen LogP contribution in [0.1, 0.15) is 37.1 Å². The van der Waals surface area contributed by atoms with Gasteiger partial charge in [0.25, 0.3) is 0 Å². The summed E-state index contributed by atoms with van der Waals surface area (Å²) in [5.74, 6) is 0. The summed E-state index contributed by atoms with van der Waals surface area (Å²) >= 11 is 0. The zero-order chi connectivity index (χ0) is 17.9. The number of aromatic nitrogens is 4. The van der Waals surface area contributed by atoms with E-state index in [9.17, 15) is 4.79 Å². The first-order chi connectivity index (χ1) is 12.7. The van der Waals surface area contributed by atoms with E-state index in [2.05, 4.69) is 44.3 Å². The normalized spacial score (nSPS) is 20.3. The van der Waals surface area contributed by atoms with Gasteiger partial charge in [-0.2, -0.15) is 10.2 Å². The fourth-order valence-corrected chi connectivity index (χ4v) is 3.89. The van der Waals surface area contributed by atoms with E-state index in [1.807, 2.05) is 22.0 Å². The van der Waals surface area contributed by atoms with Crippen LogP contribution in [0.4, 0.5) is 4.79 Å². The van der Waals surface area contributed by atoms with Gasteiger partial charge in [0.15, 0.2) is 0 Å². The van der Waals surface area contributed by atoms with E-state index in [4.69, 9.17) is 0 Å². The van der Waals surface area contributed by atoms with E-state index < -0.39 is 0 Å². The van der Waals surface area contributed by atoms with Crippen molar-refractivity contribution in [3.63, 3.8) is 0 Å². The fraction of sp³-hybridized carbons (Fsp3) is 0.611. The highest BCUT2D eigenvalue weighted by atomic mass is 16.2. The van der Waals surface area contributed by atoms with Gasteiger partial charge in [-0.15, -0.1) is 0 Å². The number of rotatable bonds is 5. The fourth-order valence-electron chi connectivity index (χ4n) is 3.89. The Morgan fingerprint density at radius 1 is 1.31 bits per heavy atom. The number of carbonyl (C=O) groups excluding carboxylic acids is 1. The van der Waals surface area contributed by atoms with Crippen LogP contribution in [0.25, 0.3) is 0 Å². The monoisotopic (exact) mass is 357 g/mol. The predicted molar refractivity (Wildman–Crippen MR) is 97.5 cm³/mol. The van der Waals surface area contributed by atoms with Crippen molar-refractivity contribution in [3.05, 3.63) is 35.9 Å². The Kier molecular flexibility index (Phi) is 4.92. The Morgan fingerprint density at radius 2 is 2.15 bits per heavy atom. The summed E-state index contributed by atoms with van der Waals surface area (Å²) in [5, 5.41) is 12.0. The van der Waals surface area contributed by atoms with Crippen molar-refractivity contribution >= 4 is 6.03 Å². The molecule has 4 heterocycles. The third kappa shape index (κ3) is 3.60. The average molecular weight is 357 g/mol. The molecule has 1 atom stereocenters. The van der Waals surface area contributed by atoms with Crippen LogP contribution in [-0.4, -0.2) is 61.6 Å². The maximum absolute atomic E-state index is 12.3. The highest BCUT2D eigenvalue weighted by Gasteiger charge is 2.27. The Hall–Kier alpha value is -2.35. The molecule has 1 fully saturated rings. The number of nitrogens with zero attached hydrogens (tertiary/aromatic N) is 6. The first kappa shape index (κ1) is 17.1. The van der Waals surface area contributed by atoms with E-state index in [1.165, 1.54) is 11.3 Å². The zero-order valence-electron chi connectivity index (χ0n) is 15.3. The smallest absolute Gasteiger partial charge is 0.317 e. The molecule has 1 N–H and O–H groups in total. The Bertz CT molecular complexity index is 746. The maximum atomic E-state index is 12.3. The minimum absolute atomic E-state index is 0.0533. The van der Waals surface area contributed by atoms with E-state index in [0.717, 1.165) is 52.1 Å². The molecule has 0 saturated carbocycles. The molecule has 0 radical (unpaired) electrons. The lowest BCUT2D eigenvalue weighted by molar-refractivity contribution is 0.161. The Labute approximate surface area is 153 Å². The van der Waals surface area contributed by atoms with Crippen LogP contribution in [0, 0.1) is 0 Å². The molecule has 0 bridgehead atoms. The van der Waals surface area contributed by atoms with Crippen LogP contribution < -0.4 is 5.32 Å². The van der Waals surface area contributed by atoms with Gasteiger partial charge in [0.1, 0.15) is 0 Å². The molecule has 140 valence electrons. The zero-order valence-corrected chi connectivity index (χ0v) is 15.3. The van der Waals surface area contributed by atoms with Gasteiger partial charge in [0, 0.05) is 63.8 Å². The van der Waals surface area contributed by atoms with Gasteiger partial charge in [-0.1, -0.05) is 0 Å². The topological polar surface area (TPSA) is 71.2 Å². The number of hydrogen-bond donors (Lipinski definition) is 1. The van der Waals surface area contributed by atoms with Crippen LogP contribution in [0.2, 0.25) is 0 Å². The molecule has 1 unspecified atom stereocenters. The molecular formula is C18H27N7O. The van der Waals surface area contributed by atoms with Crippen LogP contribution in [0.15, 0.2) is 24.7 Å². The second kappa shape index (κ2) is 7.49. The number of aryl methyl sites for hydroxylation is 1. The summed E-state index contributed by atoms with van der Waals surface area (Å²) in [7, 11) is 0. The Balaban J connectivity index is 1.40. The molecule has 2 aliphatic heterocycles. The van der Waals surface area contributed by atoms with Crippen LogP contribution in [0.3, 0.4) is 0 Å². The third-order valence-corrected chi connectivity index (χ3v) is 5.25. The molecule has 2 amide bonds. The minimum atomic E-state index is 0.0533. The Morgan fingerprint density at radius 3 is 2.92 bits per heavy atom. The lowest BCUT2D eigenvalue weighted by atomic mass is 10.1. The van der Waals surface area contributed by atoms with Gasteiger partial charge in [-0.25, -0.2) is 4.79 Å².